The summed E-state index contributed by atoms with van der Waals surface area (Å²) in [6.07, 6.45) is 13.9. The molecule has 0 heterocycles. The van der Waals surface area contributed by atoms with Gasteiger partial charge in [0, 0.05) is 6.54 Å². The Hall–Kier alpha value is -0.600. The normalized spacial score (nSPS) is 12.9. The van der Waals surface area contributed by atoms with Gasteiger partial charge >= 0.3 is 0 Å². The molecular weight excluding hydrogens is 308 g/mol. The van der Waals surface area contributed by atoms with Crippen LogP contribution in [0.2, 0.25) is 0 Å². The molecule has 4 nitrogen and oxygen atoms in total. The molecule has 1 atom stereocenters. The van der Waals surface area contributed by atoms with Crippen molar-refractivity contribution in [2.24, 2.45) is 0 Å². The van der Waals surface area contributed by atoms with Gasteiger partial charge in [0.25, 0.3) is 0 Å². The van der Waals surface area contributed by atoms with Crippen LogP contribution in [-0.2, 0) is 10.0 Å². The summed E-state index contributed by atoms with van der Waals surface area (Å²) in [7, 11) is -3.48. The number of nitrogens with zero attached hydrogens (tertiary/aromatic N) is 1. The lowest BCUT2D eigenvalue weighted by atomic mass is 10.1. The van der Waals surface area contributed by atoms with Gasteiger partial charge in [0.15, 0.2) is 5.25 Å². The highest BCUT2D eigenvalue weighted by Gasteiger charge is 2.23. The first kappa shape index (κ1) is 22.4. The van der Waals surface area contributed by atoms with Gasteiger partial charge in [0.2, 0.25) is 10.0 Å². The Labute approximate surface area is 144 Å². The van der Waals surface area contributed by atoms with Gasteiger partial charge in [-0.25, -0.2) is 13.1 Å². The monoisotopic (exact) mass is 344 g/mol. The summed E-state index contributed by atoms with van der Waals surface area (Å²) >= 11 is 0. The number of hydrogen-bond donors (Lipinski definition) is 1. The lowest BCUT2D eigenvalue weighted by Gasteiger charge is -2.12. The van der Waals surface area contributed by atoms with E-state index in [1.165, 1.54) is 38.5 Å². The minimum absolute atomic E-state index is 0.454. The Kier molecular flexibility index (Phi) is 14.6. The SMILES string of the molecule is CCCCCCCCCC(C#N)S(=O)(=O)NCCCCCCC. The van der Waals surface area contributed by atoms with Crippen LogP contribution in [0.25, 0.3) is 0 Å². The molecule has 0 bridgehead atoms. The quantitative estimate of drug-likeness (QED) is 0.404. The summed E-state index contributed by atoms with van der Waals surface area (Å²) in [5, 5.41) is 8.24. The van der Waals surface area contributed by atoms with Crippen LogP contribution in [0.5, 0.6) is 0 Å². The van der Waals surface area contributed by atoms with Crippen molar-refractivity contribution >= 4 is 10.0 Å². The largest absolute Gasteiger partial charge is 0.227 e. The molecule has 0 aromatic heterocycles. The van der Waals surface area contributed by atoms with Gasteiger partial charge in [-0.3, -0.25) is 0 Å². The van der Waals surface area contributed by atoms with Crippen molar-refractivity contribution in [1.29, 1.82) is 5.26 Å². The van der Waals surface area contributed by atoms with Crippen LogP contribution < -0.4 is 4.72 Å². The molecule has 0 amide bonds. The predicted octanol–water partition coefficient (Wildman–Crippen LogP) is 4.91. The Morgan fingerprint density at radius 1 is 0.826 bits per heavy atom. The van der Waals surface area contributed by atoms with Crippen LogP contribution in [-0.4, -0.2) is 20.2 Å². The molecule has 0 aromatic rings. The van der Waals surface area contributed by atoms with Crippen LogP contribution in [0.1, 0.15) is 97.3 Å². The Bertz CT molecular complexity index is 402. The predicted molar refractivity (Wildman–Crippen MR) is 97.7 cm³/mol. The number of sulfonamides is 1. The van der Waals surface area contributed by atoms with Crippen molar-refractivity contribution < 1.29 is 8.42 Å². The average molecular weight is 345 g/mol. The highest BCUT2D eigenvalue weighted by atomic mass is 32.2. The third-order valence-electron chi connectivity index (χ3n) is 4.17. The first-order valence-corrected chi connectivity index (χ1v) is 11.0. The Morgan fingerprint density at radius 2 is 1.30 bits per heavy atom. The van der Waals surface area contributed by atoms with Crippen LogP contribution in [0, 0.1) is 11.3 Å². The molecule has 1 N–H and O–H groups in total. The fourth-order valence-corrected chi connectivity index (χ4v) is 3.87. The number of nitriles is 1. The van der Waals surface area contributed by atoms with Gasteiger partial charge in [0.05, 0.1) is 6.07 Å². The minimum atomic E-state index is -3.48. The molecule has 0 aliphatic rings. The van der Waals surface area contributed by atoms with Crippen molar-refractivity contribution in [3.05, 3.63) is 0 Å². The third-order valence-corrected chi connectivity index (χ3v) is 5.87. The molecule has 1 unspecified atom stereocenters. The maximum Gasteiger partial charge on any atom is 0.227 e. The summed E-state index contributed by atoms with van der Waals surface area (Å²) in [5.41, 5.74) is 0. The van der Waals surface area contributed by atoms with Crippen LogP contribution >= 0.6 is 0 Å². The molecule has 0 radical (unpaired) electrons. The first-order chi connectivity index (χ1) is 11.1. The molecule has 0 aromatic carbocycles. The molecule has 23 heavy (non-hydrogen) atoms. The maximum absolute atomic E-state index is 12.1. The number of rotatable bonds is 16. The topological polar surface area (TPSA) is 70.0 Å². The summed E-state index contributed by atoms with van der Waals surface area (Å²) in [6, 6.07) is 1.96. The number of hydrogen-bond acceptors (Lipinski definition) is 3. The summed E-state index contributed by atoms with van der Waals surface area (Å²) in [4.78, 5) is 0. The second kappa shape index (κ2) is 15.0. The van der Waals surface area contributed by atoms with Gasteiger partial charge < -0.3 is 0 Å². The molecule has 0 saturated carbocycles. The van der Waals surface area contributed by atoms with Gasteiger partial charge in [0.1, 0.15) is 0 Å². The van der Waals surface area contributed by atoms with Gasteiger partial charge in [-0.2, -0.15) is 5.26 Å². The summed E-state index contributed by atoms with van der Waals surface area (Å²) in [6.45, 7) is 4.81. The van der Waals surface area contributed by atoms with Gasteiger partial charge in [-0.05, 0) is 12.8 Å². The Balaban J connectivity index is 3.86. The molecular formula is C18H36N2O2S. The van der Waals surface area contributed by atoms with E-state index in [9.17, 15) is 8.42 Å². The summed E-state index contributed by atoms with van der Waals surface area (Å²) in [5.74, 6) is 0. The summed E-state index contributed by atoms with van der Waals surface area (Å²) < 4.78 is 26.8. The molecule has 0 aliphatic carbocycles. The lowest BCUT2D eigenvalue weighted by Crippen LogP contribution is -2.34. The van der Waals surface area contributed by atoms with Crippen molar-refractivity contribution in [2.75, 3.05) is 6.54 Å². The van der Waals surface area contributed by atoms with Crippen LogP contribution in [0.3, 0.4) is 0 Å². The molecule has 0 fully saturated rings. The number of nitrogens with one attached hydrogen (secondary N) is 1. The van der Waals surface area contributed by atoms with E-state index in [1.54, 1.807) is 0 Å². The van der Waals surface area contributed by atoms with E-state index >= 15 is 0 Å². The molecule has 136 valence electrons. The minimum Gasteiger partial charge on any atom is -0.214 e. The maximum atomic E-state index is 12.1. The van der Waals surface area contributed by atoms with E-state index in [-0.39, 0.29) is 0 Å². The molecule has 0 saturated heterocycles. The molecule has 5 heteroatoms. The van der Waals surface area contributed by atoms with E-state index in [0.29, 0.717) is 13.0 Å². The fourth-order valence-electron chi connectivity index (χ4n) is 2.62. The highest BCUT2D eigenvalue weighted by molar-refractivity contribution is 7.90. The van der Waals surface area contributed by atoms with Crippen molar-refractivity contribution in [3.63, 3.8) is 0 Å². The van der Waals surface area contributed by atoms with Crippen molar-refractivity contribution in [1.82, 2.24) is 4.72 Å². The van der Waals surface area contributed by atoms with Gasteiger partial charge in [-0.15, -0.1) is 0 Å². The molecule has 0 rings (SSSR count). The van der Waals surface area contributed by atoms with Gasteiger partial charge in [-0.1, -0.05) is 84.5 Å². The van der Waals surface area contributed by atoms with E-state index in [0.717, 1.165) is 38.5 Å². The second-order valence-corrected chi connectivity index (χ2v) is 8.33. The lowest BCUT2D eigenvalue weighted by molar-refractivity contribution is 0.547. The zero-order valence-corrected chi connectivity index (χ0v) is 16.0. The fraction of sp³-hybridized carbons (Fsp3) is 0.944. The first-order valence-electron chi connectivity index (χ1n) is 9.46. The van der Waals surface area contributed by atoms with E-state index < -0.39 is 15.3 Å². The highest BCUT2D eigenvalue weighted by Crippen LogP contribution is 2.13. The smallest absolute Gasteiger partial charge is 0.214 e. The average Bonchev–Trinajstić information content (AvgIpc) is 2.53. The standard InChI is InChI=1S/C18H36N2O2S/c1-3-5-7-9-10-11-13-15-18(17-19)23(21,22)20-16-14-12-8-6-4-2/h18,20H,3-16H2,1-2H3. The third kappa shape index (κ3) is 12.5. The van der Waals surface area contributed by atoms with Crippen LogP contribution in [0.15, 0.2) is 0 Å². The van der Waals surface area contributed by atoms with Crippen molar-refractivity contribution in [2.45, 2.75) is 103 Å². The van der Waals surface area contributed by atoms with E-state index in [1.807, 2.05) is 6.07 Å². The Morgan fingerprint density at radius 3 is 1.83 bits per heavy atom. The zero-order chi connectivity index (χ0) is 17.4. The van der Waals surface area contributed by atoms with E-state index in [2.05, 4.69) is 18.6 Å². The second-order valence-electron chi connectivity index (χ2n) is 6.38. The number of unbranched alkanes of at least 4 members (excludes halogenated alkanes) is 10. The molecule has 0 aliphatic heterocycles. The molecule has 0 spiro atoms. The van der Waals surface area contributed by atoms with Crippen molar-refractivity contribution in [3.8, 4) is 6.07 Å². The zero-order valence-electron chi connectivity index (χ0n) is 15.1. The van der Waals surface area contributed by atoms with E-state index in [4.69, 9.17) is 5.26 Å². The van der Waals surface area contributed by atoms with Crippen LogP contribution in [0.4, 0.5) is 0 Å².